The number of rotatable bonds is 5. The lowest BCUT2D eigenvalue weighted by molar-refractivity contribution is -0.384. The first-order chi connectivity index (χ1) is 13.8. The number of benzene rings is 3. The van der Waals surface area contributed by atoms with Crippen LogP contribution in [0, 0.1) is 24.0 Å². The van der Waals surface area contributed by atoms with Crippen molar-refractivity contribution < 1.29 is 19.2 Å². The third kappa shape index (κ3) is 4.84. The highest BCUT2D eigenvalue weighted by molar-refractivity contribution is 6.04. The topological polar surface area (TPSA) is 98.5 Å². The van der Waals surface area contributed by atoms with Gasteiger partial charge in [0.25, 0.3) is 11.6 Å². The zero-order valence-electron chi connectivity index (χ0n) is 15.8. The van der Waals surface area contributed by atoms with Crippen LogP contribution in [-0.2, 0) is 0 Å². The number of nitro groups is 1. The minimum Gasteiger partial charge on any atom is -0.423 e. The van der Waals surface area contributed by atoms with Crippen LogP contribution in [0.4, 0.5) is 11.4 Å². The average Bonchev–Trinajstić information content (AvgIpc) is 2.71. The molecule has 0 aliphatic heterocycles. The zero-order chi connectivity index (χ0) is 21.0. The number of non-ortho nitro benzene ring substituents is 1. The summed E-state index contributed by atoms with van der Waals surface area (Å²) in [5, 5.41) is 13.5. The van der Waals surface area contributed by atoms with E-state index in [9.17, 15) is 19.7 Å². The summed E-state index contributed by atoms with van der Waals surface area (Å²) in [6.45, 7) is 3.86. The molecule has 0 fully saturated rings. The Morgan fingerprint density at radius 3 is 2.14 bits per heavy atom. The van der Waals surface area contributed by atoms with Crippen molar-refractivity contribution in [3.63, 3.8) is 0 Å². The Labute approximate surface area is 167 Å². The van der Waals surface area contributed by atoms with Gasteiger partial charge in [-0.2, -0.15) is 0 Å². The molecule has 0 radical (unpaired) electrons. The predicted molar refractivity (Wildman–Crippen MR) is 108 cm³/mol. The lowest BCUT2D eigenvalue weighted by Gasteiger charge is -2.10. The van der Waals surface area contributed by atoms with Crippen molar-refractivity contribution in [2.45, 2.75) is 13.8 Å². The smallest absolute Gasteiger partial charge is 0.343 e. The summed E-state index contributed by atoms with van der Waals surface area (Å²) in [6, 6.07) is 17.1. The first-order valence-corrected chi connectivity index (χ1v) is 8.79. The van der Waals surface area contributed by atoms with E-state index in [0.717, 1.165) is 16.8 Å². The Hall–Kier alpha value is -4.00. The molecule has 1 amide bonds. The summed E-state index contributed by atoms with van der Waals surface area (Å²) in [6.07, 6.45) is 0. The van der Waals surface area contributed by atoms with Gasteiger partial charge in [0.1, 0.15) is 5.75 Å². The number of aryl methyl sites for hydroxylation is 2. The highest BCUT2D eigenvalue weighted by Gasteiger charge is 2.13. The number of anilines is 1. The van der Waals surface area contributed by atoms with Gasteiger partial charge in [0.05, 0.1) is 10.5 Å². The molecular weight excluding hydrogens is 372 g/mol. The van der Waals surface area contributed by atoms with Crippen molar-refractivity contribution >= 4 is 23.3 Å². The first kappa shape index (κ1) is 19.8. The summed E-state index contributed by atoms with van der Waals surface area (Å²) in [5.74, 6) is -0.656. The van der Waals surface area contributed by atoms with Crippen molar-refractivity contribution in [3.8, 4) is 5.75 Å². The van der Waals surface area contributed by atoms with E-state index in [2.05, 4.69) is 5.32 Å². The van der Waals surface area contributed by atoms with Gasteiger partial charge in [0, 0.05) is 23.4 Å². The van der Waals surface area contributed by atoms with E-state index < -0.39 is 10.9 Å². The van der Waals surface area contributed by atoms with E-state index in [1.54, 1.807) is 12.1 Å². The van der Waals surface area contributed by atoms with E-state index in [4.69, 9.17) is 4.74 Å². The van der Waals surface area contributed by atoms with Gasteiger partial charge in [-0.25, -0.2) is 4.79 Å². The fraction of sp³-hybridized carbons (Fsp3) is 0.0909. The van der Waals surface area contributed by atoms with Gasteiger partial charge < -0.3 is 10.1 Å². The second kappa shape index (κ2) is 8.35. The van der Waals surface area contributed by atoms with E-state index >= 15 is 0 Å². The van der Waals surface area contributed by atoms with Gasteiger partial charge in [-0.1, -0.05) is 12.1 Å². The quantitative estimate of drug-likeness (QED) is 0.295. The molecule has 0 unspecified atom stereocenters. The molecule has 7 nitrogen and oxygen atoms in total. The maximum atomic E-state index is 12.4. The monoisotopic (exact) mass is 390 g/mol. The highest BCUT2D eigenvalue weighted by Crippen LogP contribution is 2.20. The number of carbonyl (C=O) groups is 2. The molecule has 0 saturated carbocycles. The molecule has 0 aromatic heterocycles. The molecule has 0 spiro atoms. The number of carbonyl (C=O) groups excluding carboxylic acids is 2. The molecule has 0 atom stereocenters. The molecule has 3 aromatic rings. The van der Waals surface area contributed by atoms with Gasteiger partial charge in [0.15, 0.2) is 0 Å². The van der Waals surface area contributed by atoms with E-state index in [-0.39, 0.29) is 22.9 Å². The number of nitro benzene ring substituents is 1. The SMILES string of the molecule is Cc1ccc(C)c(NC(=O)c2ccc(OC(=O)c3ccc([N+](=O)[O-])cc3)cc2)c1. The Morgan fingerprint density at radius 1 is 0.897 bits per heavy atom. The number of hydrogen-bond acceptors (Lipinski definition) is 5. The fourth-order valence-electron chi connectivity index (χ4n) is 2.62. The minimum absolute atomic E-state index is 0.110. The van der Waals surface area contributed by atoms with Crippen LogP contribution in [0.5, 0.6) is 5.75 Å². The van der Waals surface area contributed by atoms with Crippen molar-refractivity contribution in [2.24, 2.45) is 0 Å². The zero-order valence-corrected chi connectivity index (χ0v) is 15.8. The molecule has 3 rings (SSSR count). The molecule has 146 valence electrons. The van der Waals surface area contributed by atoms with Gasteiger partial charge in [-0.15, -0.1) is 0 Å². The van der Waals surface area contributed by atoms with E-state index in [1.807, 2.05) is 32.0 Å². The van der Waals surface area contributed by atoms with E-state index in [1.165, 1.54) is 36.4 Å². The summed E-state index contributed by atoms with van der Waals surface area (Å²) < 4.78 is 5.25. The molecule has 1 N–H and O–H groups in total. The molecular formula is C22H18N2O5. The Balaban J connectivity index is 1.66. The maximum absolute atomic E-state index is 12.4. The normalized spacial score (nSPS) is 10.3. The third-order valence-electron chi connectivity index (χ3n) is 4.28. The van der Waals surface area contributed by atoms with Gasteiger partial charge in [-0.3, -0.25) is 14.9 Å². The molecule has 3 aromatic carbocycles. The predicted octanol–water partition coefficient (Wildman–Crippen LogP) is 4.68. The maximum Gasteiger partial charge on any atom is 0.343 e. The summed E-state index contributed by atoms with van der Waals surface area (Å²) in [7, 11) is 0. The molecule has 0 bridgehead atoms. The van der Waals surface area contributed by atoms with Crippen LogP contribution in [0.2, 0.25) is 0 Å². The van der Waals surface area contributed by atoms with Crippen LogP contribution in [0.25, 0.3) is 0 Å². The van der Waals surface area contributed by atoms with Crippen LogP contribution < -0.4 is 10.1 Å². The molecule has 0 aliphatic rings. The lowest BCUT2D eigenvalue weighted by atomic mass is 10.1. The lowest BCUT2D eigenvalue weighted by Crippen LogP contribution is -2.13. The number of nitrogens with one attached hydrogen (secondary N) is 1. The van der Waals surface area contributed by atoms with Crippen molar-refractivity contribution in [3.05, 3.63) is 99.1 Å². The minimum atomic E-state index is -0.646. The molecule has 29 heavy (non-hydrogen) atoms. The van der Waals surface area contributed by atoms with Gasteiger partial charge in [0.2, 0.25) is 0 Å². The van der Waals surface area contributed by atoms with Crippen LogP contribution >= 0.6 is 0 Å². The Morgan fingerprint density at radius 2 is 1.52 bits per heavy atom. The van der Waals surface area contributed by atoms with E-state index in [0.29, 0.717) is 5.56 Å². The van der Waals surface area contributed by atoms with Gasteiger partial charge in [-0.05, 0) is 67.4 Å². The molecule has 7 heteroatoms. The highest BCUT2D eigenvalue weighted by atomic mass is 16.6. The van der Waals surface area contributed by atoms with Crippen LogP contribution in [0.15, 0.2) is 66.7 Å². The second-order valence-corrected chi connectivity index (χ2v) is 6.49. The van der Waals surface area contributed by atoms with Crippen molar-refractivity contribution in [1.29, 1.82) is 0 Å². The standard InChI is InChI=1S/C22H18N2O5/c1-14-3-4-15(2)20(13-14)23-21(25)16-7-11-19(12-8-16)29-22(26)17-5-9-18(10-6-17)24(27)28/h3-13H,1-2H3,(H,23,25). The van der Waals surface area contributed by atoms with Crippen molar-refractivity contribution in [1.82, 2.24) is 0 Å². The molecule has 0 heterocycles. The Bertz CT molecular complexity index is 1070. The summed E-state index contributed by atoms with van der Waals surface area (Å²) >= 11 is 0. The largest absolute Gasteiger partial charge is 0.423 e. The number of esters is 1. The number of amides is 1. The van der Waals surface area contributed by atoms with Crippen LogP contribution in [0.3, 0.4) is 0 Å². The molecule has 0 saturated heterocycles. The number of hydrogen-bond donors (Lipinski definition) is 1. The average molecular weight is 390 g/mol. The molecule has 0 aliphatic carbocycles. The fourth-order valence-corrected chi connectivity index (χ4v) is 2.62. The van der Waals surface area contributed by atoms with Crippen LogP contribution in [-0.4, -0.2) is 16.8 Å². The summed E-state index contributed by atoms with van der Waals surface area (Å²) in [4.78, 5) is 34.7. The summed E-state index contributed by atoms with van der Waals surface area (Å²) in [5.41, 5.74) is 3.23. The van der Waals surface area contributed by atoms with Crippen molar-refractivity contribution in [2.75, 3.05) is 5.32 Å². The number of ether oxygens (including phenoxy) is 1. The first-order valence-electron chi connectivity index (χ1n) is 8.79. The Kier molecular flexibility index (Phi) is 5.69. The van der Waals surface area contributed by atoms with Gasteiger partial charge >= 0.3 is 5.97 Å². The van der Waals surface area contributed by atoms with Crippen LogP contribution in [0.1, 0.15) is 31.8 Å². The third-order valence-corrected chi connectivity index (χ3v) is 4.28. The second-order valence-electron chi connectivity index (χ2n) is 6.49. The number of nitrogens with zero attached hydrogens (tertiary/aromatic N) is 1.